The number of hydrogen-bond acceptors (Lipinski definition) is 2. The Morgan fingerprint density at radius 1 is 1.38 bits per heavy atom. The summed E-state index contributed by atoms with van der Waals surface area (Å²) in [6.45, 7) is 2.95. The molecular formula is C11H20O2. The summed E-state index contributed by atoms with van der Waals surface area (Å²) in [5, 5.41) is 0. The zero-order valence-corrected chi connectivity index (χ0v) is 8.55. The number of hydrogen-bond donors (Lipinski definition) is 0. The molecule has 1 rings (SSSR count). The average Bonchev–Trinajstić information content (AvgIpc) is 2.17. The Bertz CT molecular complexity index is 148. The van der Waals surface area contributed by atoms with Gasteiger partial charge in [0.15, 0.2) is 0 Å². The Labute approximate surface area is 80.7 Å². The van der Waals surface area contributed by atoms with Gasteiger partial charge < -0.3 is 4.74 Å². The van der Waals surface area contributed by atoms with Gasteiger partial charge in [0.1, 0.15) is 5.78 Å². The molecule has 0 spiro atoms. The van der Waals surface area contributed by atoms with Gasteiger partial charge in [-0.1, -0.05) is 6.92 Å². The number of carbonyl (C=O) groups is 1. The van der Waals surface area contributed by atoms with Crippen LogP contribution in [-0.2, 0) is 9.53 Å². The van der Waals surface area contributed by atoms with Gasteiger partial charge in [0.05, 0.1) is 6.10 Å². The van der Waals surface area contributed by atoms with E-state index in [0.717, 1.165) is 38.7 Å². The maximum absolute atomic E-state index is 11.2. The molecule has 0 radical (unpaired) electrons. The fourth-order valence-corrected chi connectivity index (χ4v) is 1.76. The lowest BCUT2D eigenvalue weighted by molar-refractivity contribution is -0.120. The fourth-order valence-electron chi connectivity index (χ4n) is 1.76. The smallest absolute Gasteiger partial charge is 0.132 e. The van der Waals surface area contributed by atoms with Crippen molar-refractivity contribution in [3.8, 4) is 0 Å². The van der Waals surface area contributed by atoms with Crippen LogP contribution in [0.4, 0.5) is 0 Å². The van der Waals surface area contributed by atoms with Crippen LogP contribution in [0.2, 0.25) is 0 Å². The third kappa shape index (κ3) is 4.41. The SMILES string of the molecule is CCCC(=O)CCC1CCCCO1. The number of ketones is 1. The first-order valence-electron chi connectivity index (χ1n) is 5.46. The van der Waals surface area contributed by atoms with Crippen molar-refractivity contribution in [3.63, 3.8) is 0 Å². The van der Waals surface area contributed by atoms with Gasteiger partial charge in [0.25, 0.3) is 0 Å². The fraction of sp³-hybridized carbons (Fsp3) is 0.909. The molecule has 1 heterocycles. The molecule has 1 fully saturated rings. The highest BCUT2D eigenvalue weighted by molar-refractivity contribution is 5.78. The molecule has 1 unspecified atom stereocenters. The van der Waals surface area contributed by atoms with Crippen LogP contribution in [0.5, 0.6) is 0 Å². The monoisotopic (exact) mass is 184 g/mol. The van der Waals surface area contributed by atoms with Crippen molar-refractivity contribution in [2.24, 2.45) is 0 Å². The molecule has 0 aromatic rings. The summed E-state index contributed by atoms with van der Waals surface area (Å²) in [5.41, 5.74) is 0. The van der Waals surface area contributed by atoms with Crippen LogP contribution in [0.15, 0.2) is 0 Å². The highest BCUT2D eigenvalue weighted by Gasteiger charge is 2.14. The van der Waals surface area contributed by atoms with Gasteiger partial charge in [-0.3, -0.25) is 4.79 Å². The Balaban J connectivity index is 2.06. The van der Waals surface area contributed by atoms with Crippen LogP contribution < -0.4 is 0 Å². The largest absolute Gasteiger partial charge is 0.378 e. The van der Waals surface area contributed by atoms with Crippen molar-refractivity contribution in [1.29, 1.82) is 0 Å². The molecule has 0 aliphatic carbocycles. The molecule has 0 saturated carbocycles. The van der Waals surface area contributed by atoms with E-state index in [0.29, 0.717) is 11.9 Å². The number of Topliss-reactive ketones (excluding diaryl/α,β-unsaturated/α-hetero) is 1. The first-order chi connectivity index (χ1) is 6.33. The highest BCUT2D eigenvalue weighted by Crippen LogP contribution is 2.17. The number of rotatable bonds is 5. The van der Waals surface area contributed by atoms with E-state index in [4.69, 9.17) is 4.74 Å². The van der Waals surface area contributed by atoms with E-state index in [1.807, 2.05) is 0 Å². The Morgan fingerprint density at radius 2 is 2.23 bits per heavy atom. The summed E-state index contributed by atoms with van der Waals surface area (Å²) in [4.78, 5) is 11.2. The van der Waals surface area contributed by atoms with Gasteiger partial charge in [-0.05, 0) is 32.1 Å². The summed E-state index contributed by atoms with van der Waals surface area (Å²) in [6, 6.07) is 0. The molecule has 1 aliphatic rings. The van der Waals surface area contributed by atoms with Gasteiger partial charge in [0.2, 0.25) is 0 Å². The third-order valence-electron chi connectivity index (χ3n) is 2.55. The Kier molecular flexibility index (Phi) is 5.06. The molecule has 2 nitrogen and oxygen atoms in total. The predicted octanol–water partition coefficient (Wildman–Crippen LogP) is 2.70. The second kappa shape index (κ2) is 6.14. The lowest BCUT2D eigenvalue weighted by Gasteiger charge is -2.21. The van der Waals surface area contributed by atoms with Crippen LogP contribution >= 0.6 is 0 Å². The van der Waals surface area contributed by atoms with Crippen molar-refractivity contribution >= 4 is 5.78 Å². The van der Waals surface area contributed by atoms with E-state index in [1.54, 1.807) is 0 Å². The maximum atomic E-state index is 11.2. The van der Waals surface area contributed by atoms with E-state index < -0.39 is 0 Å². The van der Waals surface area contributed by atoms with Crippen molar-refractivity contribution in [2.45, 2.75) is 58.0 Å². The summed E-state index contributed by atoms with van der Waals surface area (Å²) < 4.78 is 5.55. The lowest BCUT2D eigenvalue weighted by atomic mass is 10.0. The van der Waals surface area contributed by atoms with Gasteiger partial charge in [0, 0.05) is 19.4 Å². The topological polar surface area (TPSA) is 26.3 Å². The van der Waals surface area contributed by atoms with Gasteiger partial charge in [-0.15, -0.1) is 0 Å². The molecule has 1 aliphatic heterocycles. The molecule has 0 aromatic carbocycles. The summed E-state index contributed by atoms with van der Waals surface area (Å²) in [6.07, 6.45) is 7.37. The highest BCUT2D eigenvalue weighted by atomic mass is 16.5. The maximum Gasteiger partial charge on any atom is 0.132 e. The molecule has 0 N–H and O–H groups in total. The minimum atomic E-state index is 0.370. The van der Waals surface area contributed by atoms with E-state index in [-0.39, 0.29) is 0 Å². The van der Waals surface area contributed by atoms with Crippen LogP contribution in [0.3, 0.4) is 0 Å². The van der Waals surface area contributed by atoms with Crippen molar-refractivity contribution < 1.29 is 9.53 Å². The van der Waals surface area contributed by atoms with Crippen molar-refractivity contribution in [1.82, 2.24) is 0 Å². The van der Waals surface area contributed by atoms with Gasteiger partial charge in [-0.25, -0.2) is 0 Å². The minimum absolute atomic E-state index is 0.370. The second-order valence-electron chi connectivity index (χ2n) is 3.82. The molecular weight excluding hydrogens is 164 g/mol. The van der Waals surface area contributed by atoms with E-state index in [1.165, 1.54) is 12.8 Å². The summed E-state index contributed by atoms with van der Waals surface area (Å²) >= 11 is 0. The average molecular weight is 184 g/mol. The van der Waals surface area contributed by atoms with E-state index >= 15 is 0 Å². The first-order valence-corrected chi connectivity index (χ1v) is 5.46. The third-order valence-corrected chi connectivity index (χ3v) is 2.55. The minimum Gasteiger partial charge on any atom is -0.378 e. The van der Waals surface area contributed by atoms with Gasteiger partial charge in [-0.2, -0.15) is 0 Å². The first kappa shape index (κ1) is 10.7. The van der Waals surface area contributed by atoms with Crippen LogP contribution in [0.25, 0.3) is 0 Å². The van der Waals surface area contributed by atoms with Gasteiger partial charge >= 0.3 is 0 Å². The Morgan fingerprint density at radius 3 is 2.85 bits per heavy atom. The van der Waals surface area contributed by atoms with Crippen LogP contribution in [0, 0.1) is 0 Å². The molecule has 0 aromatic heterocycles. The quantitative estimate of drug-likeness (QED) is 0.656. The summed E-state index contributed by atoms with van der Waals surface area (Å²) in [5.74, 6) is 0.400. The molecule has 76 valence electrons. The van der Waals surface area contributed by atoms with E-state index in [9.17, 15) is 4.79 Å². The molecule has 13 heavy (non-hydrogen) atoms. The predicted molar refractivity (Wildman–Crippen MR) is 52.7 cm³/mol. The van der Waals surface area contributed by atoms with Crippen molar-refractivity contribution in [3.05, 3.63) is 0 Å². The normalized spacial score (nSPS) is 23.0. The molecule has 0 bridgehead atoms. The molecule has 0 amide bonds. The number of carbonyl (C=O) groups excluding carboxylic acids is 1. The second-order valence-corrected chi connectivity index (χ2v) is 3.82. The summed E-state index contributed by atoms with van der Waals surface area (Å²) in [7, 11) is 0. The van der Waals surface area contributed by atoms with Crippen LogP contribution in [-0.4, -0.2) is 18.5 Å². The van der Waals surface area contributed by atoms with Crippen molar-refractivity contribution in [2.75, 3.05) is 6.61 Å². The van der Waals surface area contributed by atoms with Crippen LogP contribution in [0.1, 0.15) is 51.9 Å². The molecule has 1 saturated heterocycles. The zero-order chi connectivity index (χ0) is 9.52. The lowest BCUT2D eigenvalue weighted by Crippen LogP contribution is -2.19. The number of ether oxygens (including phenoxy) is 1. The molecule has 2 heteroatoms. The standard InChI is InChI=1S/C11H20O2/c1-2-5-10(12)7-8-11-6-3-4-9-13-11/h11H,2-9H2,1H3. The molecule has 1 atom stereocenters. The van der Waals surface area contributed by atoms with E-state index in [2.05, 4.69) is 6.92 Å². The zero-order valence-electron chi connectivity index (χ0n) is 8.55. The Hall–Kier alpha value is -0.370.